The minimum Gasteiger partial charge on any atom is -0.492 e. The fourth-order valence-corrected chi connectivity index (χ4v) is 2.80. The summed E-state index contributed by atoms with van der Waals surface area (Å²) in [5.41, 5.74) is 0.861. The maximum absolute atomic E-state index is 12.2. The number of fused-ring (bicyclic) bond motifs is 1. The van der Waals surface area contributed by atoms with E-state index < -0.39 is 0 Å². The van der Waals surface area contributed by atoms with Gasteiger partial charge in [0.15, 0.2) is 0 Å². The summed E-state index contributed by atoms with van der Waals surface area (Å²) >= 11 is 0. The lowest BCUT2D eigenvalue weighted by molar-refractivity contribution is -0.121. The molecule has 1 heterocycles. The zero-order valence-corrected chi connectivity index (χ0v) is 14.3. The molecule has 0 unspecified atom stereocenters. The van der Waals surface area contributed by atoms with Crippen molar-refractivity contribution in [2.75, 3.05) is 19.7 Å². The van der Waals surface area contributed by atoms with Crippen LogP contribution in [0.5, 0.6) is 5.75 Å². The van der Waals surface area contributed by atoms with Gasteiger partial charge >= 0.3 is 0 Å². The summed E-state index contributed by atoms with van der Waals surface area (Å²) in [6.45, 7) is 1.02. The van der Waals surface area contributed by atoms with Crippen molar-refractivity contribution < 1.29 is 19.1 Å². The lowest BCUT2D eigenvalue weighted by atomic mass is 10.1. The summed E-state index contributed by atoms with van der Waals surface area (Å²) in [6, 6.07) is 16.1. The average molecular weight is 352 g/mol. The van der Waals surface area contributed by atoms with Crippen molar-refractivity contribution in [2.24, 2.45) is 0 Å². The predicted molar refractivity (Wildman–Crippen MR) is 96.0 cm³/mol. The third-order valence-electron chi connectivity index (χ3n) is 4.10. The van der Waals surface area contributed by atoms with Crippen LogP contribution in [0.2, 0.25) is 0 Å². The zero-order chi connectivity index (χ0) is 18.4. The topological polar surface area (TPSA) is 75.7 Å². The van der Waals surface area contributed by atoms with Crippen molar-refractivity contribution in [1.82, 2.24) is 10.2 Å². The summed E-state index contributed by atoms with van der Waals surface area (Å²) in [7, 11) is 0. The summed E-state index contributed by atoms with van der Waals surface area (Å²) in [5.74, 6) is 0.0511. The molecule has 0 aliphatic carbocycles. The minimum absolute atomic E-state index is 0.127. The maximum atomic E-state index is 12.2. The molecular formula is C20H20N2O4. The number of carbonyl (C=O) groups is 3. The normalized spacial score (nSPS) is 12.8. The van der Waals surface area contributed by atoms with E-state index in [2.05, 4.69) is 5.32 Å². The Bertz CT molecular complexity index is 769. The largest absolute Gasteiger partial charge is 0.492 e. The van der Waals surface area contributed by atoms with Gasteiger partial charge in [-0.05, 0) is 30.7 Å². The molecule has 0 radical (unpaired) electrons. The highest BCUT2D eigenvalue weighted by Gasteiger charge is 2.34. The van der Waals surface area contributed by atoms with Crippen LogP contribution in [0.3, 0.4) is 0 Å². The van der Waals surface area contributed by atoms with Gasteiger partial charge in [0, 0.05) is 13.0 Å². The van der Waals surface area contributed by atoms with Crippen molar-refractivity contribution in [1.29, 1.82) is 0 Å². The Kier molecular flexibility index (Phi) is 5.63. The quantitative estimate of drug-likeness (QED) is 0.584. The number of para-hydroxylation sites is 1. The number of nitrogens with one attached hydrogen (secondary N) is 1. The Labute approximate surface area is 151 Å². The number of nitrogens with zero attached hydrogens (tertiary/aromatic N) is 1. The molecule has 0 saturated carbocycles. The molecule has 0 fully saturated rings. The molecule has 0 bridgehead atoms. The SMILES string of the molecule is O=C(CCCN1C(=O)c2ccccc2C1=O)NCCOc1ccccc1. The molecule has 2 aromatic rings. The second-order valence-electron chi connectivity index (χ2n) is 5.92. The monoisotopic (exact) mass is 352 g/mol. The van der Waals surface area contributed by atoms with E-state index >= 15 is 0 Å². The average Bonchev–Trinajstić information content (AvgIpc) is 2.91. The summed E-state index contributed by atoms with van der Waals surface area (Å²) in [4.78, 5) is 37.5. The number of ether oxygens (including phenoxy) is 1. The van der Waals surface area contributed by atoms with E-state index in [-0.39, 0.29) is 30.7 Å². The fourth-order valence-electron chi connectivity index (χ4n) is 2.80. The third-order valence-corrected chi connectivity index (χ3v) is 4.10. The molecule has 6 nitrogen and oxygen atoms in total. The molecule has 0 saturated heterocycles. The van der Waals surface area contributed by atoms with Gasteiger partial charge in [-0.3, -0.25) is 19.3 Å². The highest BCUT2D eigenvalue weighted by atomic mass is 16.5. The fraction of sp³-hybridized carbons (Fsp3) is 0.250. The number of benzene rings is 2. The van der Waals surface area contributed by atoms with Crippen molar-refractivity contribution in [2.45, 2.75) is 12.8 Å². The van der Waals surface area contributed by atoms with Crippen molar-refractivity contribution >= 4 is 17.7 Å². The highest BCUT2D eigenvalue weighted by Crippen LogP contribution is 2.22. The van der Waals surface area contributed by atoms with Crippen LogP contribution in [0.4, 0.5) is 0 Å². The number of imide groups is 1. The molecule has 0 aromatic heterocycles. The van der Waals surface area contributed by atoms with E-state index in [1.165, 1.54) is 4.90 Å². The molecular weight excluding hydrogens is 332 g/mol. The lowest BCUT2D eigenvalue weighted by Gasteiger charge is -2.13. The van der Waals surface area contributed by atoms with Crippen LogP contribution >= 0.6 is 0 Å². The van der Waals surface area contributed by atoms with E-state index in [1.807, 2.05) is 30.3 Å². The first-order valence-corrected chi connectivity index (χ1v) is 8.56. The summed E-state index contributed by atoms with van der Waals surface area (Å²) < 4.78 is 5.49. The van der Waals surface area contributed by atoms with E-state index in [1.54, 1.807) is 24.3 Å². The second-order valence-corrected chi connectivity index (χ2v) is 5.92. The molecule has 1 aliphatic heterocycles. The Balaban J connectivity index is 1.35. The highest BCUT2D eigenvalue weighted by molar-refractivity contribution is 6.21. The molecule has 0 atom stereocenters. The Morgan fingerprint density at radius 2 is 1.54 bits per heavy atom. The maximum Gasteiger partial charge on any atom is 0.261 e. The van der Waals surface area contributed by atoms with Gasteiger partial charge in [-0.1, -0.05) is 30.3 Å². The van der Waals surface area contributed by atoms with Crippen molar-refractivity contribution in [3.8, 4) is 5.75 Å². The van der Waals surface area contributed by atoms with Gasteiger partial charge in [-0.15, -0.1) is 0 Å². The number of carbonyl (C=O) groups excluding carboxylic acids is 3. The third kappa shape index (κ3) is 4.08. The first-order valence-electron chi connectivity index (χ1n) is 8.56. The van der Waals surface area contributed by atoms with Crippen LogP contribution in [0.15, 0.2) is 54.6 Å². The molecule has 0 spiro atoms. The zero-order valence-electron chi connectivity index (χ0n) is 14.3. The van der Waals surface area contributed by atoms with Gasteiger partial charge in [0.25, 0.3) is 11.8 Å². The molecule has 1 N–H and O–H groups in total. The van der Waals surface area contributed by atoms with Crippen LogP contribution in [0, 0.1) is 0 Å². The van der Waals surface area contributed by atoms with Crippen LogP contribution in [-0.2, 0) is 4.79 Å². The first kappa shape index (κ1) is 17.7. The Morgan fingerprint density at radius 3 is 2.19 bits per heavy atom. The summed E-state index contributed by atoms with van der Waals surface area (Å²) in [5, 5.41) is 2.77. The Morgan fingerprint density at radius 1 is 0.923 bits per heavy atom. The van der Waals surface area contributed by atoms with Gasteiger partial charge in [0.1, 0.15) is 12.4 Å². The van der Waals surface area contributed by atoms with Crippen LogP contribution < -0.4 is 10.1 Å². The van der Waals surface area contributed by atoms with Gasteiger partial charge in [-0.25, -0.2) is 0 Å². The van der Waals surface area contributed by atoms with Gasteiger partial charge in [0.05, 0.1) is 17.7 Å². The summed E-state index contributed by atoms with van der Waals surface area (Å²) in [6.07, 6.45) is 0.676. The van der Waals surface area contributed by atoms with Crippen LogP contribution in [0.25, 0.3) is 0 Å². The number of rotatable bonds is 8. The standard InChI is InChI=1S/C20H20N2O4/c23-18(21-12-14-26-15-7-2-1-3-8-15)11-6-13-22-19(24)16-9-4-5-10-17(16)20(22)25/h1-5,7-10H,6,11-14H2,(H,21,23). The van der Waals surface area contributed by atoms with Crippen LogP contribution in [-0.4, -0.2) is 42.3 Å². The van der Waals surface area contributed by atoms with E-state index in [0.29, 0.717) is 30.7 Å². The van der Waals surface area contributed by atoms with E-state index in [4.69, 9.17) is 4.74 Å². The van der Waals surface area contributed by atoms with E-state index in [9.17, 15) is 14.4 Å². The number of amides is 3. The smallest absolute Gasteiger partial charge is 0.261 e. The lowest BCUT2D eigenvalue weighted by Crippen LogP contribution is -2.32. The van der Waals surface area contributed by atoms with E-state index in [0.717, 1.165) is 5.75 Å². The van der Waals surface area contributed by atoms with Crippen molar-refractivity contribution in [3.05, 3.63) is 65.7 Å². The molecule has 134 valence electrons. The molecule has 3 amide bonds. The van der Waals surface area contributed by atoms with Gasteiger partial charge in [-0.2, -0.15) is 0 Å². The molecule has 6 heteroatoms. The molecule has 3 rings (SSSR count). The molecule has 2 aromatic carbocycles. The first-order chi connectivity index (χ1) is 12.7. The number of hydrogen-bond donors (Lipinski definition) is 1. The van der Waals surface area contributed by atoms with Gasteiger partial charge in [0.2, 0.25) is 5.91 Å². The molecule has 26 heavy (non-hydrogen) atoms. The second kappa shape index (κ2) is 8.29. The molecule has 1 aliphatic rings. The predicted octanol–water partition coefficient (Wildman–Crippen LogP) is 2.26. The number of hydrogen-bond acceptors (Lipinski definition) is 4. The minimum atomic E-state index is -0.290. The van der Waals surface area contributed by atoms with Crippen molar-refractivity contribution in [3.63, 3.8) is 0 Å². The Hall–Kier alpha value is -3.15. The van der Waals surface area contributed by atoms with Crippen LogP contribution in [0.1, 0.15) is 33.6 Å². The van der Waals surface area contributed by atoms with Gasteiger partial charge < -0.3 is 10.1 Å².